The zero-order valence-corrected chi connectivity index (χ0v) is 8.97. The molecule has 0 spiro atoms. The van der Waals surface area contributed by atoms with Crippen molar-refractivity contribution in [3.05, 3.63) is 45.8 Å². The highest BCUT2D eigenvalue weighted by Crippen LogP contribution is 2.22. The van der Waals surface area contributed by atoms with E-state index in [1.807, 2.05) is 0 Å². The molecule has 2 aromatic rings. The molecule has 0 bridgehead atoms. The third-order valence-corrected chi connectivity index (χ3v) is 2.31. The van der Waals surface area contributed by atoms with Gasteiger partial charge in [0.15, 0.2) is 5.43 Å². The van der Waals surface area contributed by atoms with Gasteiger partial charge in [0.05, 0.1) is 5.39 Å². The first-order valence-electron chi connectivity index (χ1n) is 4.95. The third-order valence-electron chi connectivity index (χ3n) is 2.31. The first-order valence-corrected chi connectivity index (χ1v) is 4.95. The second kappa shape index (κ2) is 3.91. The van der Waals surface area contributed by atoms with Gasteiger partial charge < -0.3 is 4.42 Å². The van der Waals surface area contributed by atoms with Gasteiger partial charge in [0, 0.05) is 6.07 Å². The molecule has 2 rings (SSSR count). The molecule has 0 saturated carbocycles. The predicted molar refractivity (Wildman–Crippen MR) is 57.0 cm³/mol. The Morgan fingerprint density at radius 2 is 1.94 bits per heavy atom. The first kappa shape index (κ1) is 11.7. The fourth-order valence-corrected chi connectivity index (χ4v) is 1.60. The van der Waals surface area contributed by atoms with Crippen molar-refractivity contribution < 1.29 is 17.6 Å². The zero-order chi connectivity index (χ0) is 12.6. The molecule has 1 aromatic carbocycles. The van der Waals surface area contributed by atoms with Gasteiger partial charge in [-0.2, -0.15) is 13.2 Å². The smallest absolute Gasteiger partial charge is 0.396 e. The van der Waals surface area contributed by atoms with Gasteiger partial charge in [-0.15, -0.1) is 0 Å². The number of halogens is 3. The molecule has 0 unspecified atom stereocenters. The van der Waals surface area contributed by atoms with Crippen LogP contribution >= 0.6 is 0 Å². The lowest BCUT2D eigenvalue weighted by Gasteiger charge is -2.06. The maximum atomic E-state index is 12.2. The minimum atomic E-state index is -4.38. The molecular weight excluding hydrogens is 233 g/mol. The molecule has 0 aliphatic carbocycles. The van der Waals surface area contributed by atoms with Gasteiger partial charge in [0.2, 0.25) is 0 Å². The summed E-state index contributed by atoms with van der Waals surface area (Å²) in [6.07, 6.45) is -5.61. The second-order valence-electron chi connectivity index (χ2n) is 3.87. The molecule has 0 saturated heterocycles. The van der Waals surface area contributed by atoms with Gasteiger partial charge in [0.25, 0.3) is 0 Å². The van der Waals surface area contributed by atoms with E-state index in [2.05, 4.69) is 0 Å². The minimum Gasteiger partial charge on any atom is -0.460 e. The lowest BCUT2D eigenvalue weighted by atomic mass is 10.1. The van der Waals surface area contributed by atoms with E-state index in [-0.39, 0.29) is 11.3 Å². The first-order chi connectivity index (χ1) is 7.85. The molecule has 0 amide bonds. The van der Waals surface area contributed by atoms with Crippen LogP contribution in [0.4, 0.5) is 13.2 Å². The van der Waals surface area contributed by atoms with E-state index in [1.165, 1.54) is 6.07 Å². The van der Waals surface area contributed by atoms with Crippen molar-refractivity contribution in [1.29, 1.82) is 0 Å². The van der Waals surface area contributed by atoms with Crippen LogP contribution in [0.2, 0.25) is 0 Å². The Hall–Kier alpha value is -1.78. The Morgan fingerprint density at radius 3 is 2.59 bits per heavy atom. The van der Waals surface area contributed by atoms with E-state index >= 15 is 0 Å². The maximum Gasteiger partial charge on any atom is 0.396 e. The van der Waals surface area contributed by atoms with Crippen LogP contribution in [0, 0.1) is 6.92 Å². The van der Waals surface area contributed by atoms with E-state index in [1.54, 1.807) is 19.1 Å². The van der Waals surface area contributed by atoms with Crippen molar-refractivity contribution in [3.63, 3.8) is 0 Å². The summed E-state index contributed by atoms with van der Waals surface area (Å²) in [5, 5.41) is 0.302. The van der Waals surface area contributed by atoms with Crippen molar-refractivity contribution in [2.24, 2.45) is 0 Å². The standard InChI is InChI=1S/C12H9F3O2/c1-7-2-3-11-9(4-7)10(16)5-8(17-11)6-12(13,14)15/h2-5H,6H2,1H3. The van der Waals surface area contributed by atoms with Crippen LogP contribution in [0.1, 0.15) is 11.3 Å². The molecule has 0 radical (unpaired) electrons. The van der Waals surface area contributed by atoms with E-state index in [4.69, 9.17) is 4.42 Å². The fourth-order valence-electron chi connectivity index (χ4n) is 1.60. The Kier molecular flexibility index (Phi) is 2.69. The highest BCUT2D eigenvalue weighted by molar-refractivity contribution is 5.77. The molecule has 0 aliphatic heterocycles. The molecule has 2 nitrogen and oxygen atoms in total. The predicted octanol–water partition coefficient (Wildman–Crippen LogP) is 3.21. The second-order valence-corrected chi connectivity index (χ2v) is 3.87. The number of benzene rings is 1. The molecule has 0 N–H and O–H groups in total. The van der Waals surface area contributed by atoms with Gasteiger partial charge >= 0.3 is 6.18 Å². The minimum absolute atomic E-state index is 0.183. The normalized spacial score (nSPS) is 12.0. The monoisotopic (exact) mass is 242 g/mol. The Balaban J connectivity index is 2.57. The molecule has 1 heterocycles. The highest BCUT2D eigenvalue weighted by Gasteiger charge is 2.29. The lowest BCUT2D eigenvalue weighted by molar-refractivity contribution is -0.130. The third kappa shape index (κ3) is 2.67. The molecule has 5 heteroatoms. The Bertz CT molecular complexity index is 611. The summed E-state index contributed by atoms with van der Waals surface area (Å²) in [4.78, 5) is 11.6. The zero-order valence-electron chi connectivity index (χ0n) is 8.97. The van der Waals surface area contributed by atoms with Crippen LogP contribution in [0.25, 0.3) is 11.0 Å². The Morgan fingerprint density at radius 1 is 1.24 bits per heavy atom. The van der Waals surface area contributed by atoms with Crippen molar-refractivity contribution in [3.8, 4) is 0 Å². The van der Waals surface area contributed by atoms with Gasteiger partial charge in [0.1, 0.15) is 17.8 Å². The Labute approximate surface area is 94.7 Å². The lowest BCUT2D eigenvalue weighted by Crippen LogP contribution is -2.13. The topological polar surface area (TPSA) is 30.2 Å². The molecule has 17 heavy (non-hydrogen) atoms. The number of rotatable bonds is 1. The van der Waals surface area contributed by atoms with Gasteiger partial charge in [-0.3, -0.25) is 4.79 Å². The summed E-state index contributed by atoms with van der Waals surface area (Å²) >= 11 is 0. The van der Waals surface area contributed by atoms with Crippen LogP contribution in [0.15, 0.2) is 33.5 Å². The van der Waals surface area contributed by atoms with Crippen LogP contribution in [0.3, 0.4) is 0 Å². The highest BCUT2D eigenvalue weighted by atomic mass is 19.4. The quantitative estimate of drug-likeness (QED) is 0.768. The van der Waals surface area contributed by atoms with E-state index in [0.29, 0.717) is 5.39 Å². The summed E-state index contributed by atoms with van der Waals surface area (Å²) in [5.41, 5.74) is 0.588. The largest absolute Gasteiger partial charge is 0.460 e. The average Bonchev–Trinajstić information content (AvgIpc) is 2.17. The number of hydrogen-bond acceptors (Lipinski definition) is 2. The van der Waals surface area contributed by atoms with E-state index in [9.17, 15) is 18.0 Å². The summed E-state index contributed by atoms with van der Waals surface area (Å²) in [6, 6.07) is 5.68. The van der Waals surface area contributed by atoms with Crippen molar-refractivity contribution in [2.75, 3.05) is 0 Å². The van der Waals surface area contributed by atoms with Crippen molar-refractivity contribution in [1.82, 2.24) is 0 Å². The molecule has 1 aromatic heterocycles. The number of aryl methyl sites for hydroxylation is 1. The SMILES string of the molecule is Cc1ccc2oc(CC(F)(F)F)cc(=O)c2c1. The van der Waals surface area contributed by atoms with Crippen LogP contribution < -0.4 is 5.43 Å². The molecule has 0 aliphatic rings. The summed E-state index contributed by atoms with van der Waals surface area (Å²) in [6.45, 7) is 1.79. The molecule has 90 valence electrons. The van der Waals surface area contributed by atoms with Crippen molar-refractivity contribution >= 4 is 11.0 Å². The van der Waals surface area contributed by atoms with Gasteiger partial charge in [-0.05, 0) is 19.1 Å². The van der Waals surface area contributed by atoms with Gasteiger partial charge in [-0.25, -0.2) is 0 Å². The fraction of sp³-hybridized carbons (Fsp3) is 0.250. The molecule has 0 fully saturated rings. The van der Waals surface area contributed by atoms with E-state index < -0.39 is 18.0 Å². The van der Waals surface area contributed by atoms with Gasteiger partial charge in [-0.1, -0.05) is 11.6 Å². The number of alkyl halides is 3. The van der Waals surface area contributed by atoms with E-state index in [0.717, 1.165) is 11.6 Å². The van der Waals surface area contributed by atoms with Crippen LogP contribution in [-0.2, 0) is 6.42 Å². The maximum absolute atomic E-state index is 12.2. The number of fused-ring (bicyclic) bond motifs is 1. The molecular formula is C12H9F3O2. The van der Waals surface area contributed by atoms with Crippen LogP contribution in [-0.4, -0.2) is 6.18 Å². The molecule has 0 atom stereocenters. The van der Waals surface area contributed by atoms with Crippen molar-refractivity contribution in [2.45, 2.75) is 19.5 Å². The van der Waals surface area contributed by atoms with Crippen LogP contribution in [0.5, 0.6) is 0 Å². The summed E-state index contributed by atoms with van der Waals surface area (Å²) < 4.78 is 41.6. The summed E-state index contributed by atoms with van der Waals surface area (Å²) in [7, 11) is 0. The number of hydrogen-bond donors (Lipinski definition) is 0. The average molecular weight is 242 g/mol. The summed E-state index contributed by atoms with van der Waals surface area (Å²) in [5.74, 6) is -0.362.